The second kappa shape index (κ2) is 5.97. The maximum absolute atomic E-state index is 5.69. The van der Waals surface area contributed by atoms with E-state index in [0.717, 1.165) is 13.1 Å². The van der Waals surface area contributed by atoms with Crippen molar-refractivity contribution in [3.05, 3.63) is 30.6 Å². The van der Waals surface area contributed by atoms with E-state index in [-0.39, 0.29) is 0 Å². The summed E-state index contributed by atoms with van der Waals surface area (Å²) in [4.78, 5) is 12.3. The highest BCUT2D eigenvalue weighted by Gasteiger charge is 2.02. The van der Waals surface area contributed by atoms with Gasteiger partial charge in [0.15, 0.2) is 5.82 Å². The molecule has 18 heavy (non-hydrogen) atoms. The molecule has 96 valence electrons. The number of aromatic nitrogens is 4. The van der Waals surface area contributed by atoms with Crippen molar-refractivity contribution in [2.45, 2.75) is 13.2 Å². The molecule has 0 radical (unpaired) electrons. The van der Waals surface area contributed by atoms with Crippen molar-refractivity contribution < 1.29 is 4.74 Å². The number of ether oxygens (including phenoxy) is 1. The number of anilines is 2. The lowest BCUT2D eigenvalue weighted by Gasteiger charge is -2.08. The number of methoxy groups -OCH3 is 1. The van der Waals surface area contributed by atoms with Crippen LogP contribution in [0.2, 0.25) is 0 Å². The summed E-state index contributed by atoms with van der Waals surface area (Å²) in [5.41, 5.74) is 5.69. The summed E-state index contributed by atoms with van der Waals surface area (Å²) in [6.07, 6.45) is 5.43. The third kappa shape index (κ3) is 3.42. The molecule has 0 amide bonds. The van der Waals surface area contributed by atoms with Crippen LogP contribution in [0.4, 0.5) is 11.6 Å². The molecule has 0 aliphatic carbocycles. The average Bonchev–Trinajstić information content (AvgIpc) is 2.82. The van der Waals surface area contributed by atoms with Gasteiger partial charge in [0.25, 0.3) is 0 Å². The molecule has 0 aliphatic rings. The number of nitrogens with one attached hydrogen (secondary N) is 1. The van der Waals surface area contributed by atoms with E-state index < -0.39 is 0 Å². The first kappa shape index (κ1) is 12.3. The van der Waals surface area contributed by atoms with Crippen molar-refractivity contribution in [3.63, 3.8) is 0 Å². The molecule has 0 unspecified atom stereocenters. The topological polar surface area (TPSA) is 90.9 Å². The van der Waals surface area contributed by atoms with Crippen LogP contribution >= 0.6 is 0 Å². The van der Waals surface area contributed by atoms with Crippen molar-refractivity contribution in [1.82, 2.24) is 19.5 Å². The fourth-order valence-corrected chi connectivity index (χ4v) is 1.53. The molecule has 2 aromatic heterocycles. The Morgan fingerprint density at radius 1 is 1.44 bits per heavy atom. The minimum absolute atomic E-state index is 0.348. The van der Waals surface area contributed by atoms with Crippen molar-refractivity contribution in [2.24, 2.45) is 0 Å². The van der Waals surface area contributed by atoms with E-state index in [9.17, 15) is 0 Å². The Bertz CT molecular complexity index is 484. The fraction of sp³-hybridized carbons (Fsp3) is 0.364. The van der Waals surface area contributed by atoms with Gasteiger partial charge in [0, 0.05) is 38.7 Å². The second-order valence-corrected chi connectivity index (χ2v) is 3.75. The molecule has 0 saturated carbocycles. The van der Waals surface area contributed by atoms with Crippen LogP contribution in [0.5, 0.6) is 0 Å². The first-order valence-electron chi connectivity index (χ1n) is 5.60. The molecular formula is C11H16N6O. The maximum Gasteiger partial charge on any atom is 0.158 e. The lowest BCUT2D eigenvalue weighted by Crippen LogP contribution is -2.12. The third-order valence-electron chi connectivity index (χ3n) is 2.30. The van der Waals surface area contributed by atoms with Crippen molar-refractivity contribution in [1.29, 1.82) is 0 Å². The molecule has 3 N–H and O–H groups in total. The van der Waals surface area contributed by atoms with Gasteiger partial charge in [-0.2, -0.15) is 0 Å². The first-order valence-corrected chi connectivity index (χ1v) is 5.60. The van der Waals surface area contributed by atoms with Gasteiger partial charge in [0.05, 0.1) is 6.33 Å². The molecule has 0 saturated heterocycles. The second-order valence-electron chi connectivity index (χ2n) is 3.75. The predicted molar refractivity (Wildman–Crippen MR) is 67.9 cm³/mol. The Morgan fingerprint density at radius 2 is 2.33 bits per heavy atom. The Labute approximate surface area is 105 Å². The van der Waals surface area contributed by atoms with E-state index in [0.29, 0.717) is 24.1 Å². The predicted octanol–water partition coefficient (Wildman–Crippen LogP) is 0.514. The van der Waals surface area contributed by atoms with Gasteiger partial charge in [-0.05, 0) is 0 Å². The summed E-state index contributed by atoms with van der Waals surface area (Å²) >= 11 is 0. The Balaban J connectivity index is 1.92. The van der Waals surface area contributed by atoms with Gasteiger partial charge in [-0.25, -0.2) is 15.0 Å². The molecule has 2 heterocycles. The van der Waals surface area contributed by atoms with E-state index in [1.165, 1.54) is 0 Å². The summed E-state index contributed by atoms with van der Waals surface area (Å²) in [7, 11) is 1.60. The molecule has 7 nitrogen and oxygen atoms in total. The molecule has 0 aromatic carbocycles. The molecule has 0 fully saturated rings. The van der Waals surface area contributed by atoms with Crippen LogP contribution in [-0.4, -0.2) is 33.2 Å². The molecule has 7 heteroatoms. The molecule has 0 spiro atoms. The quantitative estimate of drug-likeness (QED) is 0.774. The lowest BCUT2D eigenvalue weighted by molar-refractivity contribution is 0.178. The minimum atomic E-state index is 0.348. The summed E-state index contributed by atoms with van der Waals surface area (Å²) < 4.78 is 6.96. The fourth-order valence-electron chi connectivity index (χ4n) is 1.53. The molecule has 2 rings (SSSR count). The molecule has 0 aliphatic heterocycles. The van der Waals surface area contributed by atoms with Gasteiger partial charge in [0.2, 0.25) is 0 Å². The number of rotatable bonds is 6. The van der Waals surface area contributed by atoms with E-state index in [2.05, 4.69) is 20.3 Å². The highest BCUT2D eigenvalue weighted by molar-refractivity contribution is 5.44. The Morgan fingerprint density at radius 3 is 3.06 bits per heavy atom. The van der Waals surface area contributed by atoms with Gasteiger partial charge in [-0.15, -0.1) is 0 Å². The number of imidazole rings is 1. The number of nitrogens with two attached hydrogens (primary N) is 1. The summed E-state index contributed by atoms with van der Waals surface area (Å²) in [5, 5.41) is 3.19. The summed E-state index contributed by atoms with van der Waals surface area (Å²) in [5.74, 6) is 1.71. The monoisotopic (exact) mass is 248 g/mol. The Kier molecular flexibility index (Phi) is 4.08. The standard InChI is InChI=1S/C11H16N6O/c1-18-7-11-15-9(12)6-10(16-11)14-3-5-17-4-2-13-8-17/h2,4,6,8H,3,5,7H2,1H3,(H3,12,14,15,16). The van der Waals surface area contributed by atoms with Gasteiger partial charge in [0.1, 0.15) is 18.2 Å². The van der Waals surface area contributed by atoms with Crippen LogP contribution in [0.3, 0.4) is 0 Å². The highest BCUT2D eigenvalue weighted by Crippen LogP contribution is 2.08. The average molecular weight is 248 g/mol. The van der Waals surface area contributed by atoms with E-state index in [4.69, 9.17) is 10.5 Å². The minimum Gasteiger partial charge on any atom is -0.384 e. The number of hydrogen-bond donors (Lipinski definition) is 2. The maximum atomic E-state index is 5.69. The van der Waals surface area contributed by atoms with Gasteiger partial charge < -0.3 is 20.4 Å². The largest absolute Gasteiger partial charge is 0.384 e. The van der Waals surface area contributed by atoms with Gasteiger partial charge in [-0.1, -0.05) is 0 Å². The van der Waals surface area contributed by atoms with Gasteiger partial charge >= 0.3 is 0 Å². The van der Waals surface area contributed by atoms with Crippen molar-refractivity contribution in [2.75, 3.05) is 24.7 Å². The van der Waals surface area contributed by atoms with Crippen LogP contribution in [0.15, 0.2) is 24.8 Å². The van der Waals surface area contributed by atoms with Crippen LogP contribution < -0.4 is 11.1 Å². The Hall–Kier alpha value is -2.15. The van der Waals surface area contributed by atoms with E-state index in [1.54, 1.807) is 25.7 Å². The third-order valence-corrected chi connectivity index (χ3v) is 2.30. The van der Waals surface area contributed by atoms with Crippen LogP contribution in [0, 0.1) is 0 Å². The normalized spacial score (nSPS) is 10.5. The molecule has 2 aromatic rings. The summed E-state index contributed by atoms with van der Waals surface area (Å²) in [6, 6.07) is 1.70. The molecule has 0 bridgehead atoms. The SMILES string of the molecule is COCc1nc(N)cc(NCCn2ccnc2)n1. The zero-order valence-electron chi connectivity index (χ0n) is 10.2. The number of hydrogen-bond acceptors (Lipinski definition) is 6. The van der Waals surface area contributed by atoms with Crippen LogP contribution in [0.1, 0.15) is 5.82 Å². The smallest absolute Gasteiger partial charge is 0.158 e. The van der Waals surface area contributed by atoms with E-state index in [1.807, 2.05) is 10.8 Å². The summed E-state index contributed by atoms with van der Waals surface area (Å²) in [6.45, 7) is 1.89. The first-order chi connectivity index (χ1) is 8.78. The van der Waals surface area contributed by atoms with Crippen molar-refractivity contribution in [3.8, 4) is 0 Å². The highest BCUT2D eigenvalue weighted by atomic mass is 16.5. The zero-order chi connectivity index (χ0) is 12.8. The lowest BCUT2D eigenvalue weighted by atomic mass is 10.4. The molecular weight excluding hydrogens is 232 g/mol. The van der Waals surface area contributed by atoms with Gasteiger partial charge in [-0.3, -0.25) is 0 Å². The zero-order valence-corrected chi connectivity index (χ0v) is 10.2. The van der Waals surface area contributed by atoms with E-state index >= 15 is 0 Å². The van der Waals surface area contributed by atoms with Crippen LogP contribution in [-0.2, 0) is 17.9 Å². The van der Waals surface area contributed by atoms with Crippen molar-refractivity contribution >= 4 is 11.6 Å². The van der Waals surface area contributed by atoms with Crippen LogP contribution in [0.25, 0.3) is 0 Å². The molecule has 0 atom stereocenters. The number of nitrogen functional groups attached to an aromatic ring is 1. The number of nitrogens with zero attached hydrogens (tertiary/aromatic N) is 4.